The fourth-order valence-electron chi connectivity index (χ4n) is 2.69. The molecular formula is C15H23NO2S. The summed E-state index contributed by atoms with van der Waals surface area (Å²) in [4.78, 5) is 0. The van der Waals surface area contributed by atoms with Crippen LogP contribution in [0.5, 0.6) is 0 Å². The van der Waals surface area contributed by atoms with Gasteiger partial charge in [0.2, 0.25) is 0 Å². The lowest BCUT2D eigenvalue weighted by Gasteiger charge is -2.29. The fourth-order valence-corrected chi connectivity index (χ4v) is 4.48. The summed E-state index contributed by atoms with van der Waals surface area (Å²) in [7, 11) is -2.92. The van der Waals surface area contributed by atoms with Crippen molar-refractivity contribution in [2.75, 3.05) is 11.5 Å². The van der Waals surface area contributed by atoms with E-state index in [-0.39, 0.29) is 23.6 Å². The van der Waals surface area contributed by atoms with E-state index in [4.69, 9.17) is 0 Å². The molecule has 0 amide bonds. The lowest BCUT2D eigenvalue weighted by molar-refractivity contribution is 0.468. The maximum absolute atomic E-state index is 11.8. The van der Waals surface area contributed by atoms with Gasteiger partial charge in [-0.2, -0.15) is 0 Å². The molecular weight excluding hydrogens is 258 g/mol. The Morgan fingerprint density at radius 2 is 1.84 bits per heavy atom. The van der Waals surface area contributed by atoms with Crippen LogP contribution in [0.4, 0.5) is 0 Å². The van der Waals surface area contributed by atoms with Crippen LogP contribution in [0.25, 0.3) is 0 Å². The minimum atomic E-state index is -2.92. The van der Waals surface area contributed by atoms with Crippen LogP contribution in [-0.2, 0) is 16.3 Å². The third-order valence-electron chi connectivity index (χ3n) is 3.44. The molecule has 0 saturated carbocycles. The molecule has 0 bridgehead atoms. The Hall–Kier alpha value is -0.870. The van der Waals surface area contributed by atoms with Gasteiger partial charge in [0.15, 0.2) is 9.84 Å². The smallest absolute Gasteiger partial charge is 0.153 e. The Morgan fingerprint density at radius 1 is 1.21 bits per heavy atom. The van der Waals surface area contributed by atoms with Crippen LogP contribution in [0.2, 0.25) is 0 Å². The van der Waals surface area contributed by atoms with Crippen LogP contribution in [0.1, 0.15) is 37.9 Å². The number of sulfone groups is 1. The van der Waals surface area contributed by atoms with Crippen LogP contribution >= 0.6 is 0 Å². The van der Waals surface area contributed by atoms with Crippen LogP contribution < -0.4 is 5.32 Å². The summed E-state index contributed by atoms with van der Waals surface area (Å²) in [5, 5.41) is 3.37. The molecule has 4 heteroatoms. The minimum absolute atomic E-state index is 0.0269. The van der Waals surface area contributed by atoms with Gasteiger partial charge < -0.3 is 5.32 Å². The van der Waals surface area contributed by atoms with Gasteiger partial charge in [-0.1, -0.05) is 38.1 Å². The first-order chi connectivity index (χ1) is 8.85. The second-order valence-corrected chi connectivity index (χ2v) is 8.19. The molecule has 3 nitrogen and oxygen atoms in total. The van der Waals surface area contributed by atoms with E-state index in [0.717, 1.165) is 12.0 Å². The molecule has 2 unspecified atom stereocenters. The van der Waals surface area contributed by atoms with E-state index in [1.54, 1.807) is 0 Å². The number of benzene rings is 1. The lowest BCUT2D eigenvalue weighted by atomic mass is 9.99. The third-order valence-corrected chi connectivity index (χ3v) is 5.29. The molecule has 0 radical (unpaired) electrons. The topological polar surface area (TPSA) is 46.2 Å². The van der Waals surface area contributed by atoms with Gasteiger partial charge in [0, 0.05) is 12.1 Å². The van der Waals surface area contributed by atoms with E-state index < -0.39 is 9.84 Å². The lowest BCUT2D eigenvalue weighted by Crippen LogP contribution is -2.45. The van der Waals surface area contributed by atoms with Crippen molar-refractivity contribution in [3.63, 3.8) is 0 Å². The van der Waals surface area contributed by atoms with Crippen molar-refractivity contribution >= 4 is 9.84 Å². The molecule has 2 atom stereocenters. The zero-order chi connectivity index (χ0) is 14.0. The Balaban J connectivity index is 2.13. The summed E-state index contributed by atoms with van der Waals surface area (Å²) in [5.74, 6) is 1.09. The van der Waals surface area contributed by atoms with E-state index in [0.29, 0.717) is 5.92 Å². The average molecular weight is 281 g/mol. The van der Waals surface area contributed by atoms with Crippen LogP contribution in [0, 0.1) is 5.92 Å². The zero-order valence-corrected chi connectivity index (χ0v) is 12.7. The maximum atomic E-state index is 11.8. The maximum Gasteiger partial charge on any atom is 0.153 e. The highest BCUT2D eigenvalue weighted by atomic mass is 32.2. The van der Waals surface area contributed by atoms with E-state index >= 15 is 0 Å². The van der Waals surface area contributed by atoms with Crippen molar-refractivity contribution in [3.8, 4) is 0 Å². The van der Waals surface area contributed by atoms with Crippen molar-refractivity contribution in [1.82, 2.24) is 5.32 Å². The predicted molar refractivity (Wildman–Crippen MR) is 79.0 cm³/mol. The molecule has 19 heavy (non-hydrogen) atoms. The summed E-state index contributed by atoms with van der Waals surface area (Å²) in [6.07, 6.45) is 1.06. The summed E-state index contributed by atoms with van der Waals surface area (Å²) in [6.45, 7) is 6.33. The summed E-state index contributed by atoms with van der Waals surface area (Å²) in [6, 6.07) is 8.30. The van der Waals surface area contributed by atoms with Crippen molar-refractivity contribution in [2.24, 2.45) is 5.92 Å². The molecule has 1 saturated heterocycles. The van der Waals surface area contributed by atoms with Gasteiger partial charge in [0.1, 0.15) is 0 Å². The van der Waals surface area contributed by atoms with Crippen LogP contribution in [-0.4, -0.2) is 26.0 Å². The second-order valence-electron chi connectivity index (χ2n) is 6.04. The number of hydrogen-bond donors (Lipinski definition) is 1. The molecule has 0 aliphatic carbocycles. The zero-order valence-electron chi connectivity index (χ0n) is 11.9. The van der Waals surface area contributed by atoms with E-state index in [9.17, 15) is 8.42 Å². The Bertz CT molecular complexity index is 520. The molecule has 1 aromatic carbocycles. The largest absolute Gasteiger partial charge is 0.306 e. The Kier molecular flexibility index (Phi) is 4.31. The number of hydrogen-bond acceptors (Lipinski definition) is 3. The molecule has 0 spiro atoms. The van der Waals surface area contributed by atoms with E-state index in [2.05, 4.69) is 43.4 Å². The van der Waals surface area contributed by atoms with Gasteiger partial charge in [-0.3, -0.25) is 0 Å². The standard InChI is InChI=1S/C15H23NO2S/c1-11(2)8-13-4-6-14(7-5-13)15-10-19(17,18)9-12(3)16-15/h4-7,11-12,15-16H,8-10H2,1-3H3. The molecule has 106 valence electrons. The van der Waals surface area contributed by atoms with Crippen LogP contribution in [0.3, 0.4) is 0 Å². The Morgan fingerprint density at radius 3 is 2.37 bits per heavy atom. The quantitative estimate of drug-likeness (QED) is 0.925. The van der Waals surface area contributed by atoms with Crippen LogP contribution in [0.15, 0.2) is 24.3 Å². The molecule has 1 fully saturated rings. The van der Waals surface area contributed by atoms with Gasteiger partial charge in [-0.15, -0.1) is 0 Å². The van der Waals surface area contributed by atoms with Crippen molar-refractivity contribution in [2.45, 2.75) is 39.3 Å². The highest BCUT2D eigenvalue weighted by Gasteiger charge is 2.29. The molecule has 0 aromatic heterocycles. The molecule has 1 N–H and O–H groups in total. The van der Waals surface area contributed by atoms with Crippen molar-refractivity contribution in [3.05, 3.63) is 35.4 Å². The first-order valence-corrected chi connectivity index (χ1v) is 8.73. The van der Waals surface area contributed by atoms with E-state index in [1.807, 2.05) is 6.92 Å². The first kappa shape index (κ1) is 14.5. The average Bonchev–Trinajstić information content (AvgIpc) is 2.26. The highest BCUT2D eigenvalue weighted by molar-refractivity contribution is 7.91. The summed E-state index contributed by atoms with van der Waals surface area (Å²) < 4.78 is 23.6. The van der Waals surface area contributed by atoms with E-state index in [1.165, 1.54) is 5.56 Å². The first-order valence-electron chi connectivity index (χ1n) is 6.91. The second kappa shape index (κ2) is 5.63. The summed E-state index contributed by atoms with van der Waals surface area (Å²) in [5.41, 5.74) is 2.38. The monoisotopic (exact) mass is 281 g/mol. The van der Waals surface area contributed by atoms with Crippen molar-refractivity contribution in [1.29, 1.82) is 0 Å². The fraction of sp³-hybridized carbons (Fsp3) is 0.600. The number of rotatable bonds is 3. The van der Waals surface area contributed by atoms with Gasteiger partial charge >= 0.3 is 0 Å². The minimum Gasteiger partial charge on any atom is -0.306 e. The molecule has 1 aromatic rings. The summed E-state index contributed by atoms with van der Waals surface area (Å²) >= 11 is 0. The number of nitrogens with one attached hydrogen (secondary N) is 1. The molecule has 1 aliphatic heterocycles. The Labute approximate surface area is 116 Å². The van der Waals surface area contributed by atoms with Gasteiger partial charge in [-0.05, 0) is 30.4 Å². The third kappa shape index (κ3) is 4.05. The van der Waals surface area contributed by atoms with Gasteiger partial charge in [0.25, 0.3) is 0 Å². The highest BCUT2D eigenvalue weighted by Crippen LogP contribution is 2.22. The van der Waals surface area contributed by atoms with Crippen molar-refractivity contribution < 1.29 is 8.42 Å². The van der Waals surface area contributed by atoms with Gasteiger partial charge in [0.05, 0.1) is 11.5 Å². The molecule has 2 rings (SSSR count). The van der Waals surface area contributed by atoms with Gasteiger partial charge in [-0.25, -0.2) is 8.42 Å². The predicted octanol–water partition coefficient (Wildman–Crippen LogP) is 2.33. The normalized spacial score (nSPS) is 26.5. The molecule has 1 heterocycles. The SMILES string of the molecule is CC(C)Cc1ccc(C2CS(=O)(=O)CC(C)N2)cc1. The molecule has 1 aliphatic rings.